The Morgan fingerprint density at radius 2 is 1.90 bits per heavy atom. The first-order valence-electron chi connectivity index (χ1n) is 9.96. The van der Waals surface area contributed by atoms with Crippen molar-refractivity contribution in [3.05, 3.63) is 36.7 Å². The van der Waals surface area contributed by atoms with Crippen molar-refractivity contribution in [2.75, 3.05) is 26.2 Å². The van der Waals surface area contributed by atoms with Crippen molar-refractivity contribution in [3.63, 3.8) is 0 Å². The lowest BCUT2D eigenvalue weighted by molar-refractivity contribution is 0.0284. The van der Waals surface area contributed by atoms with Gasteiger partial charge in [-0.15, -0.1) is 0 Å². The highest BCUT2D eigenvalue weighted by Gasteiger charge is 2.43. The number of carbonyl (C=O) groups is 1. The molecule has 0 spiro atoms. The molecule has 2 fully saturated rings. The molecule has 0 N–H and O–H groups in total. The molecule has 2 aliphatic heterocycles. The molecular weight excluding hydrogens is 390 g/mol. The summed E-state index contributed by atoms with van der Waals surface area (Å²) >= 11 is 0. The Labute approximate surface area is 171 Å². The highest BCUT2D eigenvalue weighted by Crippen LogP contribution is 2.35. The summed E-state index contributed by atoms with van der Waals surface area (Å²) in [7, 11) is -3.62. The fourth-order valence-electron chi connectivity index (χ4n) is 4.29. The van der Waals surface area contributed by atoms with Crippen LogP contribution in [0.15, 0.2) is 41.6 Å². The number of aromatic nitrogens is 1. The lowest BCUT2D eigenvalue weighted by atomic mass is 9.90. The van der Waals surface area contributed by atoms with Crippen molar-refractivity contribution in [1.82, 2.24) is 14.2 Å². The van der Waals surface area contributed by atoms with Gasteiger partial charge in [0.25, 0.3) is 0 Å². The number of likely N-dealkylation sites (tertiary alicyclic amines) is 1. The van der Waals surface area contributed by atoms with Crippen LogP contribution in [0.3, 0.4) is 0 Å². The summed E-state index contributed by atoms with van der Waals surface area (Å²) < 4.78 is 33.8. The zero-order valence-electron chi connectivity index (χ0n) is 17.0. The average molecular weight is 418 g/mol. The number of nitrogens with zero attached hydrogens (tertiary/aromatic N) is 3. The summed E-state index contributed by atoms with van der Waals surface area (Å²) in [5.74, 6) is 0.438. The molecule has 0 bridgehead atoms. The van der Waals surface area contributed by atoms with Gasteiger partial charge in [0.2, 0.25) is 10.0 Å². The molecule has 29 heavy (non-hydrogen) atoms. The number of rotatable bonds is 2. The van der Waals surface area contributed by atoms with Gasteiger partial charge in [0.05, 0.1) is 4.90 Å². The molecular formula is C21H27N3O4S. The molecule has 1 aromatic heterocycles. The molecule has 0 aliphatic carbocycles. The van der Waals surface area contributed by atoms with Gasteiger partial charge >= 0.3 is 6.09 Å². The van der Waals surface area contributed by atoms with Crippen molar-refractivity contribution in [2.24, 2.45) is 11.8 Å². The number of hydrogen-bond acceptors (Lipinski definition) is 5. The Morgan fingerprint density at radius 3 is 2.66 bits per heavy atom. The summed E-state index contributed by atoms with van der Waals surface area (Å²) in [5, 5.41) is 1.49. The van der Waals surface area contributed by atoms with E-state index in [0.717, 1.165) is 11.8 Å². The first-order chi connectivity index (χ1) is 13.6. The third-order valence-corrected chi connectivity index (χ3v) is 7.60. The minimum Gasteiger partial charge on any atom is -0.444 e. The van der Waals surface area contributed by atoms with Crippen LogP contribution in [0, 0.1) is 11.8 Å². The van der Waals surface area contributed by atoms with E-state index in [9.17, 15) is 13.2 Å². The van der Waals surface area contributed by atoms with Crippen LogP contribution in [-0.4, -0.2) is 60.5 Å². The first kappa shape index (κ1) is 20.1. The Kier molecular flexibility index (Phi) is 5.02. The van der Waals surface area contributed by atoms with Crippen molar-refractivity contribution in [3.8, 4) is 0 Å². The van der Waals surface area contributed by atoms with Crippen LogP contribution >= 0.6 is 0 Å². The Balaban J connectivity index is 1.53. The molecule has 0 radical (unpaired) electrons. The van der Waals surface area contributed by atoms with E-state index in [4.69, 9.17) is 4.74 Å². The predicted molar refractivity (Wildman–Crippen MR) is 110 cm³/mol. The molecule has 1 aromatic carbocycles. The number of hydrogen-bond donors (Lipinski definition) is 0. The second-order valence-electron chi connectivity index (χ2n) is 8.91. The maximum absolute atomic E-state index is 13.4. The number of benzene rings is 1. The van der Waals surface area contributed by atoms with Crippen LogP contribution in [0.2, 0.25) is 0 Å². The van der Waals surface area contributed by atoms with E-state index >= 15 is 0 Å². The number of amides is 1. The molecule has 1 amide bonds. The summed E-state index contributed by atoms with van der Waals surface area (Å²) in [6.07, 6.45) is 3.72. The van der Waals surface area contributed by atoms with Gasteiger partial charge < -0.3 is 9.64 Å². The van der Waals surface area contributed by atoms with Crippen LogP contribution in [0.4, 0.5) is 4.79 Å². The monoisotopic (exact) mass is 417 g/mol. The van der Waals surface area contributed by atoms with E-state index in [1.54, 1.807) is 39.8 Å². The molecule has 156 valence electrons. The number of pyridine rings is 1. The largest absolute Gasteiger partial charge is 0.444 e. The van der Waals surface area contributed by atoms with Crippen molar-refractivity contribution in [1.29, 1.82) is 0 Å². The van der Waals surface area contributed by atoms with Crippen molar-refractivity contribution >= 4 is 26.9 Å². The van der Waals surface area contributed by atoms with E-state index < -0.39 is 15.6 Å². The molecule has 7 nitrogen and oxygen atoms in total. The Bertz CT molecular complexity index is 1030. The average Bonchev–Trinajstić information content (AvgIpc) is 3.10. The highest BCUT2D eigenvalue weighted by molar-refractivity contribution is 7.89. The van der Waals surface area contributed by atoms with E-state index in [1.807, 2.05) is 26.8 Å². The Hall–Kier alpha value is -2.19. The predicted octanol–water partition coefficient (Wildman–Crippen LogP) is 3.11. The third kappa shape index (κ3) is 3.96. The maximum atomic E-state index is 13.4. The smallest absolute Gasteiger partial charge is 0.410 e. The van der Waals surface area contributed by atoms with Crippen LogP contribution in [0.25, 0.3) is 10.8 Å². The third-order valence-electron chi connectivity index (χ3n) is 5.67. The van der Waals surface area contributed by atoms with Gasteiger partial charge in [0, 0.05) is 49.3 Å². The van der Waals surface area contributed by atoms with Crippen LogP contribution < -0.4 is 0 Å². The van der Waals surface area contributed by atoms with E-state index in [2.05, 4.69) is 4.98 Å². The standard InChI is InChI=1S/C21H27N3O4S/c1-21(2,3)28-20(25)23-12-16-8-10-24(14-17(16)13-23)29(26,27)19-6-4-5-15-11-22-9-7-18(15)19/h4-7,9,11,16-17H,8,10,12-14H2,1-3H3. The lowest BCUT2D eigenvalue weighted by Crippen LogP contribution is -2.43. The zero-order valence-corrected chi connectivity index (χ0v) is 17.9. The van der Waals surface area contributed by atoms with Crippen molar-refractivity contribution in [2.45, 2.75) is 37.7 Å². The molecule has 8 heteroatoms. The Morgan fingerprint density at radius 1 is 1.14 bits per heavy atom. The van der Waals surface area contributed by atoms with Gasteiger partial charge in [-0.25, -0.2) is 13.2 Å². The molecule has 0 saturated carbocycles. The number of carbonyl (C=O) groups excluding carboxylic acids is 1. The summed E-state index contributed by atoms with van der Waals surface area (Å²) in [4.78, 5) is 18.5. The van der Waals surface area contributed by atoms with Crippen molar-refractivity contribution < 1.29 is 17.9 Å². The molecule has 2 aliphatic rings. The van der Waals surface area contributed by atoms with Gasteiger partial charge in [-0.2, -0.15) is 4.31 Å². The lowest BCUT2D eigenvalue weighted by Gasteiger charge is -2.33. The normalized spacial score (nSPS) is 23.2. The van der Waals surface area contributed by atoms with Gasteiger partial charge in [-0.1, -0.05) is 12.1 Å². The molecule has 4 rings (SSSR count). The fourth-order valence-corrected chi connectivity index (χ4v) is 6.01. The first-order valence-corrected chi connectivity index (χ1v) is 11.4. The van der Waals surface area contributed by atoms with Crippen LogP contribution in [-0.2, 0) is 14.8 Å². The van der Waals surface area contributed by atoms with Crippen LogP contribution in [0.1, 0.15) is 27.2 Å². The van der Waals surface area contributed by atoms with E-state index in [0.29, 0.717) is 42.4 Å². The summed E-state index contributed by atoms with van der Waals surface area (Å²) in [6, 6.07) is 7.02. The van der Waals surface area contributed by atoms with E-state index in [-0.39, 0.29) is 12.0 Å². The van der Waals surface area contributed by atoms with Gasteiger partial charge in [-0.05, 0) is 51.2 Å². The minimum atomic E-state index is -3.62. The highest BCUT2D eigenvalue weighted by atomic mass is 32.2. The summed E-state index contributed by atoms with van der Waals surface area (Å²) in [6.45, 7) is 7.60. The molecule has 2 aromatic rings. The van der Waals surface area contributed by atoms with Gasteiger partial charge in [-0.3, -0.25) is 4.98 Å². The minimum absolute atomic E-state index is 0.127. The topological polar surface area (TPSA) is 79.8 Å². The fraction of sp³-hybridized carbons (Fsp3) is 0.524. The second kappa shape index (κ2) is 7.25. The number of piperidine rings is 1. The van der Waals surface area contributed by atoms with Gasteiger partial charge in [0.1, 0.15) is 5.60 Å². The number of ether oxygens (including phenoxy) is 1. The van der Waals surface area contributed by atoms with Gasteiger partial charge in [0.15, 0.2) is 0 Å². The molecule has 3 heterocycles. The zero-order chi connectivity index (χ0) is 20.8. The summed E-state index contributed by atoms with van der Waals surface area (Å²) in [5.41, 5.74) is -0.538. The maximum Gasteiger partial charge on any atom is 0.410 e. The number of fused-ring (bicyclic) bond motifs is 2. The quantitative estimate of drug-likeness (QED) is 0.750. The van der Waals surface area contributed by atoms with Crippen LogP contribution in [0.5, 0.6) is 0 Å². The SMILES string of the molecule is CC(C)(C)OC(=O)N1CC2CCN(S(=O)(=O)c3cccc4cnccc34)CC2C1. The molecule has 2 saturated heterocycles. The second-order valence-corrected chi connectivity index (χ2v) is 10.8. The molecule has 2 atom stereocenters. The number of sulfonamides is 1. The molecule has 2 unspecified atom stereocenters. The van der Waals surface area contributed by atoms with E-state index in [1.165, 1.54) is 0 Å².